The molecule has 0 spiro atoms. The molecule has 140 valence electrons. The molecular weight excluding hydrogens is 556 g/mol. The Morgan fingerprint density at radius 3 is 2.08 bits per heavy atom. The maximum atomic E-state index is 11.2. The number of likely N-dealkylation sites (tertiary alicyclic amines) is 1. The highest BCUT2D eigenvalue weighted by molar-refractivity contribution is 14.1. The lowest BCUT2D eigenvalue weighted by Gasteiger charge is -2.42. The maximum Gasteiger partial charge on any atom is 0.115 e. The molecule has 0 aromatic heterocycles. The summed E-state index contributed by atoms with van der Waals surface area (Å²) in [7, 11) is 0. The van der Waals surface area contributed by atoms with E-state index in [1.54, 1.807) is 24.3 Å². The van der Waals surface area contributed by atoms with Crippen LogP contribution in [0, 0.1) is 7.14 Å². The van der Waals surface area contributed by atoms with Crippen LogP contribution in [0.4, 0.5) is 0 Å². The molecule has 0 amide bonds. The Kier molecular flexibility index (Phi) is 6.49. The number of piperidine rings is 1. The van der Waals surface area contributed by atoms with E-state index >= 15 is 0 Å². The molecule has 1 heterocycles. The Morgan fingerprint density at radius 2 is 1.54 bits per heavy atom. The first-order valence-corrected chi connectivity index (χ1v) is 10.8. The van der Waals surface area contributed by atoms with Crippen LogP contribution in [0.15, 0.2) is 42.5 Å². The van der Waals surface area contributed by atoms with E-state index in [0.717, 1.165) is 31.4 Å². The van der Waals surface area contributed by atoms with Gasteiger partial charge in [0, 0.05) is 26.3 Å². The van der Waals surface area contributed by atoms with Gasteiger partial charge in [-0.15, -0.1) is 0 Å². The summed E-state index contributed by atoms with van der Waals surface area (Å²) in [6.07, 6.45) is 0.673. The van der Waals surface area contributed by atoms with Gasteiger partial charge in [0.15, 0.2) is 0 Å². The summed E-state index contributed by atoms with van der Waals surface area (Å²) < 4.78 is 2.27. The molecule has 1 saturated heterocycles. The second-order valence-corrected chi connectivity index (χ2v) is 9.49. The molecule has 0 saturated carbocycles. The molecule has 0 radical (unpaired) electrons. The molecule has 1 fully saturated rings. The fourth-order valence-electron chi connectivity index (χ4n) is 3.56. The smallest absolute Gasteiger partial charge is 0.115 e. The van der Waals surface area contributed by atoms with Gasteiger partial charge in [-0.3, -0.25) is 4.90 Å². The third kappa shape index (κ3) is 4.52. The van der Waals surface area contributed by atoms with Crippen molar-refractivity contribution in [2.24, 2.45) is 0 Å². The van der Waals surface area contributed by atoms with Crippen LogP contribution in [-0.2, 0) is 5.60 Å². The molecule has 6 heteroatoms. The first-order chi connectivity index (χ1) is 12.3. The summed E-state index contributed by atoms with van der Waals surface area (Å²) in [5.74, 6) is 0.198. The highest BCUT2D eigenvalue weighted by Gasteiger charge is 2.37. The molecule has 0 bridgehead atoms. The van der Waals surface area contributed by atoms with E-state index in [1.165, 1.54) is 0 Å². The predicted octanol–water partition coefficient (Wildman–Crippen LogP) is 4.01. The van der Waals surface area contributed by atoms with Gasteiger partial charge in [0.05, 0.1) is 11.7 Å². The zero-order chi connectivity index (χ0) is 18.9. The quantitative estimate of drug-likeness (QED) is 0.480. The predicted molar refractivity (Wildman–Crippen MR) is 119 cm³/mol. The molecule has 2 unspecified atom stereocenters. The van der Waals surface area contributed by atoms with Gasteiger partial charge in [0.2, 0.25) is 0 Å². The van der Waals surface area contributed by atoms with Crippen LogP contribution < -0.4 is 0 Å². The molecule has 0 aliphatic carbocycles. The van der Waals surface area contributed by atoms with Crippen LogP contribution in [0.25, 0.3) is 0 Å². The van der Waals surface area contributed by atoms with Crippen molar-refractivity contribution in [2.45, 2.75) is 37.5 Å². The summed E-state index contributed by atoms with van der Waals surface area (Å²) in [6, 6.07) is 12.9. The Balaban J connectivity index is 1.68. The number of aliphatic hydroxyl groups is 2. The van der Waals surface area contributed by atoms with E-state index in [1.807, 2.05) is 6.92 Å². The number of phenols is 1. The van der Waals surface area contributed by atoms with Crippen molar-refractivity contribution in [3.05, 3.63) is 60.7 Å². The van der Waals surface area contributed by atoms with Crippen LogP contribution in [-0.4, -0.2) is 39.4 Å². The van der Waals surface area contributed by atoms with Crippen molar-refractivity contribution < 1.29 is 15.3 Å². The first-order valence-electron chi connectivity index (χ1n) is 8.68. The highest BCUT2D eigenvalue weighted by Crippen LogP contribution is 2.36. The zero-order valence-corrected chi connectivity index (χ0v) is 18.9. The molecule has 3 rings (SSSR count). The number of nitrogens with zero attached hydrogens (tertiary/aromatic N) is 1. The normalized spacial score (nSPS) is 19.9. The standard InChI is InChI=1S/C20H23I2NO3/c1-13(19(25)14-2-4-18(24)5-3-14)23-8-6-20(26,7-9-23)15-10-16(21)12-17(22)11-15/h2-5,10-13,19,24-26H,6-9H2,1H3. The van der Waals surface area contributed by atoms with Gasteiger partial charge in [-0.05, 0) is 106 Å². The molecule has 4 nitrogen and oxygen atoms in total. The number of aromatic hydroxyl groups is 1. The number of hydrogen-bond donors (Lipinski definition) is 3. The Labute approximate surface area is 181 Å². The average molecular weight is 579 g/mol. The molecule has 3 N–H and O–H groups in total. The number of aliphatic hydroxyl groups excluding tert-OH is 1. The van der Waals surface area contributed by atoms with E-state index in [4.69, 9.17) is 0 Å². The summed E-state index contributed by atoms with van der Waals surface area (Å²) in [5.41, 5.74) is 0.976. The molecule has 1 aliphatic rings. The number of halogens is 2. The van der Waals surface area contributed by atoms with Crippen LogP contribution in [0.3, 0.4) is 0 Å². The van der Waals surface area contributed by atoms with Crippen molar-refractivity contribution in [1.82, 2.24) is 4.90 Å². The maximum absolute atomic E-state index is 11.2. The molecule has 26 heavy (non-hydrogen) atoms. The van der Waals surface area contributed by atoms with E-state index in [-0.39, 0.29) is 11.8 Å². The molecule has 2 atom stereocenters. The zero-order valence-electron chi connectivity index (χ0n) is 14.6. The van der Waals surface area contributed by atoms with Crippen LogP contribution in [0.2, 0.25) is 0 Å². The minimum Gasteiger partial charge on any atom is -0.508 e. The third-order valence-electron chi connectivity index (χ3n) is 5.29. The minimum atomic E-state index is -0.805. The van der Waals surface area contributed by atoms with Gasteiger partial charge in [0.1, 0.15) is 5.75 Å². The molecule has 1 aliphatic heterocycles. The van der Waals surface area contributed by atoms with E-state index in [0.29, 0.717) is 12.8 Å². The first kappa shape index (κ1) is 20.3. The van der Waals surface area contributed by atoms with E-state index in [2.05, 4.69) is 68.3 Å². The number of rotatable bonds is 4. The lowest BCUT2D eigenvalue weighted by molar-refractivity contribution is -0.0502. The number of benzene rings is 2. The van der Waals surface area contributed by atoms with Crippen LogP contribution in [0.1, 0.15) is 37.0 Å². The lowest BCUT2D eigenvalue weighted by atomic mass is 9.83. The molecule has 2 aromatic carbocycles. The second kappa shape index (κ2) is 8.30. The van der Waals surface area contributed by atoms with Gasteiger partial charge >= 0.3 is 0 Å². The summed E-state index contributed by atoms with van der Waals surface area (Å²) in [5, 5.41) is 31.2. The molecular formula is C20H23I2NO3. The van der Waals surface area contributed by atoms with Crippen molar-refractivity contribution >= 4 is 45.2 Å². The Hall–Kier alpha value is -0.420. The monoisotopic (exact) mass is 579 g/mol. The van der Waals surface area contributed by atoms with Crippen molar-refractivity contribution in [3.8, 4) is 5.75 Å². The minimum absolute atomic E-state index is 0.0554. The van der Waals surface area contributed by atoms with Crippen LogP contribution >= 0.6 is 45.2 Å². The van der Waals surface area contributed by atoms with Gasteiger partial charge in [0.25, 0.3) is 0 Å². The second-order valence-electron chi connectivity index (χ2n) is 7.00. The van der Waals surface area contributed by atoms with Gasteiger partial charge in [-0.2, -0.15) is 0 Å². The van der Waals surface area contributed by atoms with Crippen molar-refractivity contribution in [2.75, 3.05) is 13.1 Å². The van der Waals surface area contributed by atoms with Crippen molar-refractivity contribution in [1.29, 1.82) is 0 Å². The van der Waals surface area contributed by atoms with Crippen molar-refractivity contribution in [3.63, 3.8) is 0 Å². The van der Waals surface area contributed by atoms with E-state index in [9.17, 15) is 15.3 Å². The summed E-state index contributed by atoms with van der Waals surface area (Å²) in [4.78, 5) is 2.23. The van der Waals surface area contributed by atoms with E-state index < -0.39 is 11.7 Å². The molecule has 2 aromatic rings. The lowest BCUT2D eigenvalue weighted by Crippen LogP contribution is -2.47. The number of phenolic OH excluding ortho intramolecular Hbond substituents is 1. The summed E-state index contributed by atoms with van der Waals surface area (Å²) in [6.45, 7) is 3.47. The van der Waals surface area contributed by atoms with Crippen LogP contribution in [0.5, 0.6) is 5.75 Å². The third-order valence-corrected chi connectivity index (χ3v) is 6.54. The van der Waals surface area contributed by atoms with Gasteiger partial charge in [-0.25, -0.2) is 0 Å². The van der Waals surface area contributed by atoms with Gasteiger partial charge in [-0.1, -0.05) is 12.1 Å². The van der Waals surface area contributed by atoms with Gasteiger partial charge < -0.3 is 15.3 Å². The summed E-state index contributed by atoms with van der Waals surface area (Å²) >= 11 is 4.58. The SMILES string of the molecule is CC(C(O)c1ccc(O)cc1)N1CCC(O)(c2cc(I)cc(I)c2)CC1. The topological polar surface area (TPSA) is 63.9 Å². The Bertz CT molecular complexity index is 738. The highest BCUT2D eigenvalue weighted by atomic mass is 127. The largest absolute Gasteiger partial charge is 0.508 e. The fourth-order valence-corrected chi connectivity index (χ4v) is 5.50. The number of hydrogen-bond acceptors (Lipinski definition) is 4. The fraction of sp³-hybridized carbons (Fsp3) is 0.400. The Morgan fingerprint density at radius 1 is 1.00 bits per heavy atom. The average Bonchev–Trinajstić information content (AvgIpc) is 2.61.